The number of benzene rings is 2. The van der Waals surface area contributed by atoms with E-state index in [4.69, 9.17) is 11.6 Å². The summed E-state index contributed by atoms with van der Waals surface area (Å²) < 4.78 is 39.8. The number of amides is 1. The van der Waals surface area contributed by atoms with E-state index in [9.17, 15) is 17.6 Å². The molecule has 0 saturated carbocycles. The standard InChI is InChI=1S/C19H22ClFN2O3S/c1-4-23(5-2)27(25,26)18-12-15(8-11-17(18)20)19(24)22-13(3)14-6-9-16(21)10-7-14/h6-13H,4-5H2,1-3H3,(H,22,24)/t13-/m1/s1. The van der Waals surface area contributed by atoms with E-state index >= 15 is 0 Å². The zero-order valence-electron chi connectivity index (χ0n) is 15.4. The van der Waals surface area contributed by atoms with E-state index in [0.717, 1.165) is 5.56 Å². The molecule has 27 heavy (non-hydrogen) atoms. The topological polar surface area (TPSA) is 66.5 Å². The summed E-state index contributed by atoms with van der Waals surface area (Å²) in [5, 5.41) is 2.83. The Hall–Kier alpha value is -1.96. The molecule has 0 unspecified atom stereocenters. The van der Waals surface area contributed by atoms with Crippen molar-refractivity contribution in [3.63, 3.8) is 0 Å². The van der Waals surface area contributed by atoms with Crippen LogP contribution < -0.4 is 5.32 Å². The van der Waals surface area contributed by atoms with Gasteiger partial charge in [0.05, 0.1) is 11.1 Å². The Morgan fingerprint density at radius 1 is 1.15 bits per heavy atom. The molecule has 0 fully saturated rings. The van der Waals surface area contributed by atoms with Gasteiger partial charge in [-0.15, -0.1) is 0 Å². The van der Waals surface area contributed by atoms with E-state index in [1.54, 1.807) is 32.9 Å². The largest absolute Gasteiger partial charge is 0.346 e. The molecule has 2 aromatic carbocycles. The first-order valence-corrected chi connectivity index (χ1v) is 10.4. The van der Waals surface area contributed by atoms with Crippen molar-refractivity contribution in [3.8, 4) is 0 Å². The lowest BCUT2D eigenvalue weighted by Gasteiger charge is -2.20. The van der Waals surface area contributed by atoms with Crippen LogP contribution in [0.25, 0.3) is 0 Å². The number of nitrogens with one attached hydrogen (secondary N) is 1. The SMILES string of the molecule is CCN(CC)S(=O)(=O)c1cc(C(=O)N[C@H](C)c2ccc(F)cc2)ccc1Cl. The minimum Gasteiger partial charge on any atom is -0.346 e. The molecule has 2 rings (SSSR count). The quantitative estimate of drug-likeness (QED) is 0.747. The van der Waals surface area contributed by atoms with Gasteiger partial charge in [0.25, 0.3) is 5.91 Å². The van der Waals surface area contributed by atoms with Crippen LogP contribution in [0.3, 0.4) is 0 Å². The Morgan fingerprint density at radius 2 is 1.74 bits per heavy atom. The van der Waals surface area contributed by atoms with E-state index in [1.807, 2.05) is 0 Å². The Morgan fingerprint density at radius 3 is 2.30 bits per heavy atom. The van der Waals surface area contributed by atoms with E-state index in [1.165, 1.54) is 34.6 Å². The molecule has 0 aliphatic carbocycles. The van der Waals surface area contributed by atoms with Crippen LogP contribution in [-0.4, -0.2) is 31.7 Å². The minimum atomic E-state index is -3.79. The molecule has 8 heteroatoms. The molecule has 0 aliphatic heterocycles. The van der Waals surface area contributed by atoms with Crippen molar-refractivity contribution in [3.05, 3.63) is 64.4 Å². The number of halogens is 2. The van der Waals surface area contributed by atoms with Crippen molar-refractivity contribution in [2.45, 2.75) is 31.7 Å². The van der Waals surface area contributed by atoms with Gasteiger partial charge in [-0.3, -0.25) is 4.79 Å². The van der Waals surface area contributed by atoms with Gasteiger partial charge in [-0.2, -0.15) is 4.31 Å². The highest BCUT2D eigenvalue weighted by Gasteiger charge is 2.25. The van der Waals surface area contributed by atoms with Gasteiger partial charge in [-0.25, -0.2) is 12.8 Å². The van der Waals surface area contributed by atoms with Gasteiger partial charge in [-0.05, 0) is 42.8 Å². The van der Waals surface area contributed by atoms with Crippen LogP contribution in [0.4, 0.5) is 4.39 Å². The van der Waals surface area contributed by atoms with Gasteiger partial charge in [0.2, 0.25) is 10.0 Å². The number of nitrogens with zero attached hydrogens (tertiary/aromatic N) is 1. The molecular formula is C19H22ClFN2O3S. The maximum absolute atomic E-state index is 13.0. The van der Waals surface area contributed by atoms with Crippen LogP contribution >= 0.6 is 11.6 Å². The molecule has 0 radical (unpaired) electrons. The van der Waals surface area contributed by atoms with Crippen molar-refractivity contribution in [1.82, 2.24) is 9.62 Å². The van der Waals surface area contributed by atoms with Gasteiger partial charge in [-0.1, -0.05) is 37.6 Å². The molecule has 0 saturated heterocycles. The van der Waals surface area contributed by atoms with Gasteiger partial charge in [0, 0.05) is 18.7 Å². The fourth-order valence-electron chi connectivity index (χ4n) is 2.66. The second kappa shape index (κ2) is 8.82. The summed E-state index contributed by atoms with van der Waals surface area (Å²) in [6, 6.07) is 9.56. The van der Waals surface area contributed by atoms with Gasteiger partial charge in [0.1, 0.15) is 10.7 Å². The normalized spacial score (nSPS) is 12.8. The molecule has 5 nitrogen and oxygen atoms in total. The third kappa shape index (κ3) is 4.86. The van der Waals surface area contributed by atoms with Crippen molar-refractivity contribution in [2.24, 2.45) is 0 Å². The Balaban J connectivity index is 2.29. The Kier molecular flexibility index (Phi) is 6.97. The van der Waals surface area contributed by atoms with E-state index in [-0.39, 0.29) is 27.3 Å². The highest BCUT2D eigenvalue weighted by atomic mass is 35.5. The lowest BCUT2D eigenvalue weighted by Crippen LogP contribution is -2.31. The number of carbonyl (C=O) groups is 1. The second-order valence-corrected chi connectivity index (χ2v) is 8.29. The maximum Gasteiger partial charge on any atom is 0.251 e. The summed E-state index contributed by atoms with van der Waals surface area (Å²) in [5.41, 5.74) is 0.911. The van der Waals surface area contributed by atoms with E-state index in [2.05, 4.69) is 5.32 Å². The van der Waals surface area contributed by atoms with Crippen LogP contribution in [0.2, 0.25) is 5.02 Å². The molecule has 1 amide bonds. The molecule has 1 N–H and O–H groups in total. The third-order valence-electron chi connectivity index (χ3n) is 4.23. The molecule has 0 heterocycles. The number of carbonyl (C=O) groups excluding carboxylic acids is 1. The highest BCUT2D eigenvalue weighted by Crippen LogP contribution is 2.26. The fraction of sp³-hybridized carbons (Fsp3) is 0.316. The molecule has 1 atom stereocenters. The molecule has 0 bridgehead atoms. The number of sulfonamides is 1. The van der Waals surface area contributed by atoms with Gasteiger partial charge in [0.15, 0.2) is 0 Å². The first-order valence-electron chi connectivity index (χ1n) is 8.56. The van der Waals surface area contributed by atoms with E-state index in [0.29, 0.717) is 13.1 Å². The molecule has 0 aliphatic rings. The zero-order valence-corrected chi connectivity index (χ0v) is 16.9. The van der Waals surface area contributed by atoms with E-state index < -0.39 is 15.9 Å². The summed E-state index contributed by atoms with van der Waals surface area (Å²) in [5.74, 6) is -0.805. The maximum atomic E-state index is 13.0. The van der Waals surface area contributed by atoms with Crippen LogP contribution in [0.5, 0.6) is 0 Å². The molecular weight excluding hydrogens is 391 g/mol. The molecule has 0 spiro atoms. The summed E-state index contributed by atoms with van der Waals surface area (Å²) in [6.45, 7) is 5.82. The number of hydrogen-bond donors (Lipinski definition) is 1. The van der Waals surface area contributed by atoms with Crippen molar-refractivity contribution >= 4 is 27.5 Å². The average Bonchev–Trinajstić information content (AvgIpc) is 2.63. The van der Waals surface area contributed by atoms with Crippen molar-refractivity contribution in [1.29, 1.82) is 0 Å². The van der Waals surface area contributed by atoms with Crippen molar-refractivity contribution < 1.29 is 17.6 Å². The summed E-state index contributed by atoms with van der Waals surface area (Å²) in [6.07, 6.45) is 0. The average molecular weight is 413 g/mol. The van der Waals surface area contributed by atoms with Gasteiger partial charge >= 0.3 is 0 Å². The van der Waals surface area contributed by atoms with Crippen LogP contribution in [0, 0.1) is 5.82 Å². The predicted molar refractivity (Wildman–Crippen MR) is 104 cm³/mol. The van der Waals surface area contributed by atoms with Crippen molar-refractivity contribution in [2.75, 3.05) is 13.1 Å². The minimum absolute atomic E-state index is 0.0602. The van der Waals surface area contributed by atoms with Gasteiger partial charge < -0.3 is 5.32 Å². The lowest BCUT2D eigenvalue weighted by atomic mass is 10.1. The predicted octanol–water partition coefficient (Wildman–Crippen LogP) is 4.00. The summed E-state index contributed by atoms with van der Waals surface area (Å²) in [7, 11) is -3.79. The molecule has 0 aromatic heterocycles. The first kappa shape index (κ1) is 21.3. The second-order valence-electron chi connectivity index (χ2n) is 5.98. The number of hydrogen-bond acceptors (Lipinski definition) is 3. The highest BCUT2D eigenvalue weighted by molar-refractivity contribution is 7.89. The smallest absolute Gasteiger partial charge is 0.251 e. The van der Waals surface area contributed by atoms with Crippen LogP contribution in [0.15, 0.2) is 47.4 Å². The summed E-state index contributed by atoms with van der Waals surface area (Å²) in [4.78, 5) is 12.5. The zero-order chi connectivity index (χ0) is 20.2. The number of rotatable bonds is 7. The molecule has 2 aromatic rings. The third-order valence-corrected chi connectivity index (χ3v) is 6.77. The van der Waals surface area contributed by atoms with Crippen LogP contribution in [-0.2, 0) is 10.0 Å². The first-order chi connectivity index (χ1) is 12.7. The lowest BCUT2D eigenvalue weighted by molar-refractivity contribution is 0.0939. The Bertz CT molecular complexity index is 913. The summed E-state index contributed by atoms with van der Waals surface area (Å²) >= 11 is 6.09. The fourth-order valence-corrected chi connectivity index (χ4v) is 4.62. The Labute approximate surface area is 164 Å². The van der Waals surface area contributed by atoms with Crippen LogP contribution in [0.1, 0.15) is 42.7 Å². The monoisotopic (exact) mass is 412 g/mol. The molecule has 146 valence electrons.